The molecule has 0 atom stereocenters. The second-order valence-electron chi connectivity index (χ2n) is 2.80. The molecule has 3 N–H and O–H groups in total. The molecule has 0 radical (unpaired) electrons. The average molecular weight is 229 g/mol. The zero-order valence-electron chi connectivity index (χ0n) is 7.74. The molecule has 0 bridgehead atoms. The van der Waals surface area contributed by atoms with E-state index >= 15 is 0 Å². The molecule has 0 aliphatic carbocycles. The molecule has 1 rings (SSSR count). The van der Waals surface area contributed by atoms with Gasteiger partial charge < -0.3 is 11.1 Å². The molecule has 1 amide bonds. The van der Waals surface area contributed by atoms with E-state index in [1.807, 2.05) is 12.3 Å². The molecule has 0 saturated heterocycles. The first-order valence-electron chi connectivity index (χ1n) is 4.04. The second-order valence-corrected chi connectivity index (χ2v) is 4.27. The third-order valence-electron chi connectivity index (χ3n) is 1.44. The maximum absolute atomic E-state index is 11.1. The van der Waals surface area contributed by atoms with Gasteiger partial charge in [-0.2, -0.15) is 0 Å². The Kier molecular flexibility index (Phi) is 3.97. The highest BCUT2D eigenvalue weighted by atomic mass is 32.1. The third kappa shape index (κ3) is 3.80. The van der Waals surface area contributed by atoms with E-state index in [0.717, 1.165) is 10.7 Å². The standard InChI is InChI=1S/C8H11N3OS2/c1-5-4-14-8(11-5)3-10-7(12)2-6(9)13/h4H,2-3H2,1H3,(H2,9,13)(H,10,12). The number of nitrogens with two attached hydrogens (primary N) is 1. The largest absolute Gasteiger partial charge is 0.393 e. The van der Waals surface area contributed by atoms with Gasteiger partial charge in [-0.3, -0.25) is 4.79 Å². The Morgan fingerprint density at radius 1 is 1.79 bits per heavy atom. The van der Waals surface area contributed by atoms with Crippen molar-refractivity contribution in [2.75, 3.05) is 0 Å². The minimum Gasteiger partial charge on any atom is -0.393 e. The number of rotatable bonds is 4. The summed E-state index contributed by atoms with van der Waals surface area (Å²) < 4.78 is 0. The summed E-state index contributed by atoms with van der Waals surface area (Å²) in [5, 5.41) is 5.51. The van der Waals surface area contributed by atoms with Crippen molar-refractivity contribution >= 4 is 34.5 Å². The fourth-order valence-corrected chi connectivity index (χ4v) is 1.72. The Hall–Kier alpha value is -1.01. The molecule has 0 spiro atoms. The number of thiocarbonyl (C=S) groups is 1. The van der Waals surface area contributed by atoms with Crippen molar-refractivity contribution in [1.82, 2.24) is 10.3 Å². The highest BCUT2D eigenvalue weighted by Gasteiger charge is 2.04. The molecular formula is C8H11N3OS2. The van der Waals surface area contributed by atoms with Crippen LogP contribution in [-0.2, 0) is 11.3 Å². The number of nitrogens with one attached hydrogen (secondary N) is 1. The van der Waals surface area contributed by atoms with Gasteiger partial charge in [-0.1, -0.05) is 12.2 Å². The predicted octanol–water partition coefficient (Wildman–Crippen LogP) is 0.744. The first-order valence-corrected chi connectivity index (χ1v) is 5.32. The van der Waals surface area contributed by atoms with Gasteiger partial charge in [0, 0.05) is 11.1 Å². The fraction of sp³-hybridized carbons (Fsp3) is 0.375. The van der Waals surface area contributed by atoms with Crippen LogP contribution < -0.4 is 11.1 Å². The number of hydrogen-bond acceptors (Lipinski definition) is 4. The highest BCUT2D eigenvalue weighted by molar-refractivity contribution is 7.80. The van der Waals surface area contributed by atoms with Crippen molar-refractivity contribution in [2.24, 2.45) is 5.73 Å². The summed E-state index contributed by atoms with van der Waals surface area (Å²) in [6, 6.07) is 0. The molecule has 0 saturated carbocycles. The molecule has 1 heterocycles. The van der Waals surface area contributed by atoms with Gasteiger partial charge in [0.2, 0.25) is 5.91 Å². The molecule has 76 valence electrons. The molecule has 14 heavy (non-hydrogen) atoms. The Morgan fingerprint density at radius 3 is 3.00 bits per heavy atom. The molecule has 0 unspecified atom stereocenters. The number of aryl methyl sites for hydroxylation is 1. The van der Waals surface area contributed by atoms with Gasteiger partial charge >= 0.3 is 0 Å². The topological polar surface area (TPSA) is 68.0 Å². The van der Waals surface area contributed by atoms with Crippen LogP contribution in [0.4, 0.5) is 0 Å². The first kappa shape index (κ1) is 11.1. The van der Waals surface area contributed by atoms with Crippen LogP contribution in [0.25, 0.3) is 0 Å². The van der Waals surface area contributed by atoms with Gasteiger partial charge in [0.1, 0.15) is 5.01 Å². The monoisotopic (exact) mass is 229 g/mol. The fourth-order valence-electron chi connectivity index (χ4n) is 0.879. The smallest absolute Gasteiger partial charge is 0.227 e. The lowest BCUT2D eigenvalue weighted by molar-refractivity contribution is -0.120. The number of nitrogens with zero attached hydrogens (tertiary/aromatic N) is 1. The third-order valence-corrected chi connectivity index (χ3v) is 2.55. The number of carbonyl (C=O) groups excluding carboxylic acids is 1. The molecule has 1 aromatic heterocycles. The Labute approximate surface area is 91.5 Å². The van der Waals surface area contributed by atoms with Crippen molar-refractivity contribution in [2.45, 2.75) is 19.9 Å². The lowest BCUT2D eigenvalue weighted by Gasteiger charge is -2.00. The number of thiazole rings is 1. The molecule has 0 aromatic carbocycles. The van der Waals surface area contributed by atoms with E-state index in [-0.39, 0.29) is 17.3 Å². The molecule has 0 aliphatic heterocycles. The van der Waals surface area contributed by atoms with Crippen LogP contribution in [0.2, 0.25) is 0 Å². The molecule has 6 heteroatoms. The number of amides is 1. The van der Waals surface area contributed by atoms with Crippen LogP contribution in [-0.4, -0.2) is 15.9 Å². The van der Waals surface area contributed by atoms with Crippen LogP contribution in [0, 0.1) is 6.92 Å². The molecule has 0 fully saturated rings. The van der Waals surface area contributed by atoms with Crippen LogP contribution >= 0.6 is 23.6 Å². The lowest BCUT2D eigenvalue weighted by atomic mass is 10.4. The van der Waals surface area contributed by atoms with E-state index in [0.29, 0.717) is 6.54 Å². The number of aromatic nitrogens is 1. The molecule has 0 aliphatic rings. The summed E-state index contributed by atoms with van der Waals surface area (Å²) in [5.41, 5.74) is 6.19. The minimum absolute atomic E-state index is 0.0969. The summed E-state index contributed by atoms with van der Waals surface area (Å²) >= 11 is 6.13. The van der Waals surface area contributed by atoms with Gasteiger partial charge in [-0.15, -0.1) is 11.3 Å². The maximum atomic E-state index is 11.1. The van der Waals surface area contributed by atoms with Crippen LogP contribution in [0.3, 0.4) is 0 Å². The van der Waals surface area contributed by atoms with Crippen LogP contribution in [0.5, 0.6) is 0 Å². The van der Waals surface area contributed by atoms with E-state index < -0.39 is 0 Å². The zero-order valence-corrected chi connectivity index (χ0v) is 9.37. The lowest BCUT2D eigenvalue weighted by Crippen LogP contribution is -2.27. The number of hydrogen-bond donors (Lipinski definition) is 2. The second kappa shape index (κ2) is 5.02. The van der Waals surface area contributed by atoms with E-state index in [4.69, 9.17) is 5.73 Å². The van der Waals surface area contributed by atoms with E-state index in [1.54, 1.807) is 0 Å². The summed E-state index contributed by atoms with van der Waals surface area (Å²) in [4.78, 5) is 15.5. The summed E-state index contributed by atoms with van der Waals surface area (Å²) in [5.74, 6) is -0.162. The van der Waals surface area contributed by atoms with Crippen LogP contribution in [0.1, 0.15) is 17.1 Å². The Morgan fingerprint density at radius 2 is 2.50 bits per heavy atom. The predicted molar refractivity (Wildman–Crippen MR) is 60.1 cm³/mol. The van der Waals surface area contributed by atoms with Crippen molar-refractivity contribution in [3.8, 4) is 0 Å². The maximum Gasteiger partial charge on any atom is 0.227 e. The van der Waals surface area contributed by atoms with Gasteiger partial charge in [-0.05, 0) is 6.92 Å². The Balaban J connectivity index is 2.34. The van der Waals surface area contributed by atoms with Gasteiger partial charge in [-0.25, -0.2) is 4.98 Å². The normalized spacial score (nSPS) is 9.79. The van der Waals surface area contributed by atoms with E-state index in [9.17, 15) is 4.79 Å². The average Bonchev–Trinajstić information content (AvgIpc) is 2.47. The van der Waals surface area contributed by atoms with Crippen LogP contribution in [0.15, 0.2) is 5.38 Å². The summed E-state index contributed by atoms with van der Waals surface area (Å²) in [6.45, 7) is 2.36. The summed E-state index contributed by atoms with van der Waals surface area (Å²) in [6.07, 6.45) is 0.0969. The molecular weight excluding hydrogens is 218 g/mol. The number of carbonyl (C=O) groups is 1. The zero-order chi connectivity index (χ0) is 10.6. The quantitative estimate of drug-likeness (QED) is 0.747. The van der Waals surface area contributed by atoms with Crippen molar-refractivity contribution in [3.63, 3.8) is 0 Å². The molecule has 4 nitrogen and oxygen atoms in total. The van der Waals surface area contributed by atoms with Gasteiger partial charge in [0.05, 0.1) is 18.0 Å². The summed E-state index contributed by atoms with van der Waals surface area (Å²) in [7, 11) is 0. The Bertz CT molecular complexity index is 348. The van der Waals surface area contributed by atoms with Gasteiger partial charge in [0.25, 0.3) is 0 Å². The van der Waals surface area contributed by atoms with Crippen molar-refractivity contribution in [3.05, 3.63) is 16.1 Å². The van der Waals surface area contributed by atoms with E-state index in [1.165, 1.54) is 11.3 Å². The SMILES string of the molecule is Cc1csc(CNC(=O)CC(N)=S)n1. The van der Waals surface area contributed by atoms with Crippen molar-refractivity contribution in [1.29, 1.82) is 0 Å². The highest BCUT2D eigenvalue weighted by Crippen LogP contribution is 2.07. The van der Waals surface area contributed by atoms with Gasteiger partial charge in [0.15, 0.2) is 0 Å². The minimum atomic E-state index is -0.162. The van der Waals surface area contributed by atoms with E-state index in [2.05, 4.69) is 22.5 Å². The molecule has 1 aromatic rings. The first-order chi connectivity index (χ1) is 6.58. The van der Waals surface area contributed by atoms with Crippen molar-refractivity contribution < 1.29 is 4.79 Å².